The van der Waals surface area contributed by atoms with E-state index in [-0.39, 0.29) is 17.4 Å². The van der Waals surface area contributed by atoms with E-state index in [1.54, 1.807) is 7.05 Å². The van der Waals surface area contributed by atoms with E-state index < -0.39 is 11.7 Å². The van der Waals surface area contributed by atoms with Gasteiger partial charge in [0.25, 0.3) is 0 Å². The van der Waals surface area contributed by atoms with E-state index in [2.05, 4.69) is 5.32 Å². The van der Waals surface area contributed by atoms with Gasteiger partial charge in [0.2, 0.25) is 5.91 Å². The smallest absolute Gasteiger partial charge is 0.248 e. The molecule has 88 valence electrons. The quantitative estimate of drug-likeness (QED) is 0.784. The molecule has 0 spiro atoms. The number of ether oxygens (including phenoxy) is 1. The lowest BCUT2D eigenvalue weighted by Gasteiger charge is -2.14. The van der Waals surface area contributed by atoms with Gasteiger partial charge in [-0.3, -0.25) is 4.79 Å². The van der Waals surface area contributed by atoms with Crippen molar-refractivity contribution in [3.63, 3.8) is 0 Å². The minimum Gasteiger partial charge on any atom is -0.486 e. The second-order valence-electron chi connectivity index (χ2n) is 3.50. The molecular formula is C11H15FN2O2. The second-order valence-corrected chi connectivity index (χ2v) is 3.50. The van der Waals surface area contributed by atoms with Crippen LogP contribution in [0.25, 0.3) is 0 Å². The average molecular weight is 226 g/mol. The lowest BCUT2D eigenvalue weighted by Crippen LogP contribution is -2.26. The van der Waals surface area contributed by atoms with Gasteiger partial charge in [0.05, 0.1) is 0 Å². The fraction of sp³-hybridized carbons (Fsp3) is 0.364. The highest BCUT2D eigenvalue weighted by Gasteiger charge is 2.10. The molecule has 0 heterocycles. The molecule has 3 N–H and O–H groups in total. The molecular weight excluding hydrogens is 211 g/mol. The topological polar surface area (TPSA) is 64.3 Å². The summed E-state index contributed by atoms with van der Waals surface area (Å²) in [7, 11) is 1.78. The molecule has 1 amide bonds. The largest absolute Gasteiger partial charge is 0.486 e. The van der Waals surface area contributed by atoms with Crippen LogP contribution in [0.5, 0.6) is 5.75 Å². The number of halogens is 1. The SMILES string of the molecule is CNCC(C)Oc1ccc(C(N)=O)cc1F. The lowest BCUT2D eigenvalue weighted by atomic mass is 10.2. The summed E-state index contributed by atoms with van der Waals surface area (Å²) in [6, 6.07) is 3.91. The molecule has 1 aromatic carbocycles. The zero-order valence-corrected chi connectivity index (χ0v) is 9.29. The average Bonchev–Trinajstić information content (AvgIpc) is 2.21. The molecule has 1 aromatic rings. The second kappa shape index (κ2) is 5.46. The number of nitrogens with one attached hydrogen (secondary N) is 1. The molecule has 0 aliphatic rings. The van der Waals surface area contributed by atoms with Gasteiger partial charge in [0.15, 0.2) is 11.6 Å². The van der Waals surface area contributed by atoms with Crippen molar-refractivity contribution < 1.29 is 13.9 Å². The number of primary amides is 1. The summed E-state index contributed by atoms with van der Waals surface area (Å²) in [4.78, 5) is 10.8. The molecule has 1 rings (SSSR count). The number of nitrogens with two attached hydrogens (primary N) is 1. The van der Waals surface area contributed by atoms with Crippen molar-refractivity contribution in [2.45, 2.75) is 13.0 Å². The van der Waals surface area contributed by atoms with Crippen LogP contribution >= 0.6 is 0 Å². The Labute approximate surface area is 93.6 Å². The molecule has 0 saturated heterocycles. The molecule has 0 radical (unpaired) electrons. The summed E-state index contributed by atoms with van der Waals surface area (Å²) < 4.78 is 18.8. The summed E-state index contributed by atoms with van der Waals surface area (Å²) in [6.45, 7) is 2.43. The number of hydrogen-bond donors (Lipinski definition) is 2. The summed E-state index contributed by atoms with van der Waals surface area (Å²) in [5.41, 5.74) is 5.16. The number of hydrogen-bond acceptors (Lipinski definition) is 3. The van der Waals surface area contributed by atoms with Gasteiger partial charge in [-0.2, -0.15) is 0 Å². The fourth-order valence-corrected chi connectivity index (χ4v) is 1.30. The first kappa shape index (κ1) is 12.4. The highest BCUT2D eigenvalue weighted by molar-refractivity contribution is 5.92. The molecule has 0 fully saturated rings. The summed E-state index contributed by atoms with van der Waals surface area (Å²) in [5, 5.41) is 2.92. The van der Waals surface area contributed by atoms with Crippen LogP contribution in [0.2, 0.25) is 0 Å². The highest BCUT2D eigenvalue weighted by atomic mass is 19.1. The van der Waals surface area contributed by atoms with Crippen LogP contribution in [-0.2, 0) is 0 Å². The van der Waals surface area contributed by atoms with E-state index in [1.807, 2.05) is 6.92 Å². The normalized spacial score (nSPS) is 12.2. The number of rotatable bonds is 5. The third-order valence-corrected chi connectivity index (χ3v) is 2.04. The van der Waals surface area contributed by atoms with Gasteiger partial charge in [-0.25, -0.2) is 4.39 Å². The van der Waals surface area contributed by atoms with Gasteiger partial charge in [0, 0.05) is 12.1 Å². The predicted molar refractivity (Wildman–Crippen MR) is 58.9 cm³/mol. The molecule has 16 heavy (non-hydrogen) atoms. The van der Waals surface area contributed by atoms with Gasteiger partial charge < -0.3 is 15.8 Å². The molecule has 4 nitrogen and oxygen atoms in total. The summed E-state index contributed by atoms with van der Waals surface area (Å²) in [6.07, 6.45) is -0.154. The number of carbonyl (C=O) groups is 1. The first-order valence-corrected chi connectivity index (χ1v) is 4.95. The molecule has 5 heteroatoms. The highest BCUT2D eigenvalue weighted by Crippen LogP contribution is 2.19. The van der Waals surface area contributed by atoms with Crippen molar-refractivity contribution in [3.05, 3.63) is 29.6 Å². The standard InChI is InChI=1S/C11H15FN2O2/c1-7(6-14-2)16-10-4-3-8(11(13)15)5-9(10)12/h3-5,7,14H,6H2,1-2H3,(H2,13,15). The Morgan fingerprint density at radius 2 is 2.31 bits per heavy atom. The van der Waals surface area contributed by atoms with Crippen molar-refractivity contribution in [2.75, 3.05) is 13.6 Å². The Balaban J connectivity index is 2.79. The van der Waals surface area contributed by atoms with Crippen LogP contribution in [0, 0.1) is 5.82 Å². The lowest BCUT2D eigenvalue weighted by molar-refractivity contribution is 0.0999. The van der Waals surface area contributed by atoms with Gasteiger partial charge in [0.1, 0.15) is 6.10 Å². The van der Waals surface area contributed by atoms with Crippen LogP contribution < -0.4 is 15.8 Å². The monoisotopic (exact) mass is 226 g/mol. The third-order valence-electron chi connectivity index (χ3n) is 2.04. The van der Waals surface area contributed by atoms with Crippen molar-refractivity contribution in [1.29, 1.82) is 0 Å². The number of benzene rings is 1. The van der Waals surface area contributed by atoms with Crippen LogP contribution in [-0.4, -0.2) is 25.6 Å². The number of amides is 1. The maximum Gasteiger partial charge on any atom is 0.248 e. The fourth-order valence-electron chi connectivity index (χ4n) is 1.30. The molecule has 0 aliphatic heterocycles. The Bertz CT molecular complexity index is 382. The van der Waals surface area contributed by atoms with E-state index in [1.165, 1.54) is 12.1 Å². The van der Waals surface area contributed by atoms with Crippen molar-refractivity contribution in [3.8, 4) is 5.75 Å². The van der Waals surface area contributed by atoms with Gasteiger partial charge >= 0.3 is 0 Å². The van der Waals surface area contributed by atoms with E-state index in [0.717, 1.165) is 6.07 Å². The Morgan fingerprint density at radius 1 is 1.62 bits per heavy atom. The Kier molecular flexibility index (Phi) is 4.25. The van der Waals surface area contributed by atoms with E-state index in [9.17, 15) is 9.18 Å². The minimum absolute atomic E-state index is 0.118. The van der Waals surface area contributed by atoms with Gasteiger partial charge in [-0.1, -0.05) is 0 Å². The first-order chi connectivity index (χ1) is 7.54. The van der Waals surface area contributed by atoms with Crippen LogP contribution in [0.1, 0.15) is 17.3 Å². The molecule has 0 aromatic heterocycles. The molecule has 0 saturated carbocycles. The maximum absolute atomic E-state index is 13.5. The maximum atomic E-state index is 13.5. The minimum atomic E-state index is -0.659. The Hall–Kier alpha value is -1.62. The molecule has 0 bridgehead atoms. The predicted octanol–water partition coefficient (Wildman–Crippen LogP) is 0.911. The third kappa shape index (κ3) is 3.20. The first-order valence-electron chi connectivity index (χ1n) is 4.95. The number of likely N-dealkylation sites (N-methyl/N-ethyl adjacent to an activating group) is 1. The summed E-state index contributed by atoms with van der Waals surface area (Å²) >= 11 is 0. The van der Waals surface area contributed by atoms with Crippen molar-refractivity contribution >= 4 is 5.91 Å². The number of carbonyl (C=O) groups excluding carboxylic acids is 1. The van der Waals surface area contributed by atoms with Crippen molar-refractivity contribution in [2.24, 2.45) is 5.73 Å². The Morgan fingerprint density at radius 3 is 2.81 bits per heavy atom. The van der Waals surface area contributed by atoms with Gasteiger partial charge in [-0.15, -0.1) is 0 Å². The van der Waals surface area contributed by atoms with Crippen LogP contribution in [0.3, 0.4) is 0 Å². The van der Waals surface area contributed by atoms with Crippen LogP contribution in [0.4, 0.5) is 4.39 Å². The molecule has 1 unspecified atom stereocenters. The van der Waals surface area contributed by atoms with Crippen molar-refractivity contribution in [1.82, 2.24) is 5.32 Å². The zero-order chi connectivity index (χ0) is 12.1. The van der Waals surface area contributed by atoms with E-state index in [4.69, 9.17) is 10.5 Å². The molecule has 1 atom stereocenters. The van der Waals surface area contributed by atoms with E-state index in [0.29, 0.717) is 6.54 Å². The molecule has 0 aliphatic carbocycles. The van der Waals surface area contributed by atoms with Crippen LogP contribution in [0.15, 0.2) is 18.2 Å². The van der Waals surface area contributed by atoms with E-state index >= 15 is 0 Å². The zero-order valence-electron chi connectivity index (χ0n) is 9.29. The summed E-state index contributed by atoms with van der Waals surface area (Å²) in [5.74, 6) is -1.12. The van der Waals surface area contributed by atoms with Gasteiger partial charge in [-0.05, 0) is 32.2 Å².